The molecule has 0 aliphatic carbocycles. The molecule has 0 aliphatic rings. The Morgan fingerprint density at radius 2 is 1.80 bits per heavy atom. The van der Waals surface area contributed by atoms with Crippen LogP contribution in [-0.2, 0) is 0 Å². The summed E-state index contributed by atoms with van der Waals surface area (Å²) in [5.41, 5.74) is -0.150. The molecule has 0 fully saturated rings. The van der Waals surface area contributed by atoms with Crippen LogP contribution in [0.3, 0.4) is 0 Å². The number of carboxylic acid groups (broad SMARTS) is 1. The van der Waals surface area contributed by atoms with E-state index >= 15 is 0 Å². The number of rotatable bonds is 1. The van der Waals surface area contributed by atoms with Gasteiger partial charge in [-0.25, -0.2) is 0 Å². The summed E-state index contributed by atoms with van der Waals surface area (Å²) >= 11 is 0. The Balaban J connectivity index is 0.00000112. The van der Waals surface area contributed by atoms with Crippen LogP contribution in [-0.4, -0.2) is 11.1 Å². The first-order valence-corrected chi connectivity index (χ1v) is 4.12. The summed E-state index contributed by atoms with van der Waals surface area (Å²) in [4.78, 5) is 10.8. The Morgan fingerprint density at radius 3 is 2.47 bits per heavy atom. The molecule has 0 atom stereocenters. The van der Waals surface area contributed by atoms with E-state index in [2.05, 4.69) is 0 Å². The van der Waals surface area contributed by atoms with Crippen LogP contribution >= 0.6 is 0 Å². The molecule has 1 N–H and O–H groups in total. The van der Waals surface area contributed by atoms with Crippen molar-refractivity contribution in [3.05, 3.63) is 42.0 Å². The number of aromatic hydroxyl groups is 1. The molecule has 0 unspecified atom stereocenters. The van der Waals surface area contributed by atoms with Crippen molar-refractivity contribution >= 4 is 16.7 Å². The Labute approximate surface area is 146 Å². The molecule has 0 radical (unpaired) electrons. The molecule has 0 bridgehead atoms. The first-order chi connectivity index (χ1) is 6.70. The molecule has 0 saturated heterocycles. The van der Waals surface area contributed by atoms with Crippen molar-refractivity contribution in [2.45, 2.75) is 0 Å². The number of hydrogen-bond acceptors (Lipinski definition) is 3. The van der Waals surface area contributed by atoms with Crippen LogP contribution in [0.25, 0.3) is 10.8 Å². The van der Waals surface area contributed by atoms with Crippen molar-refractivity contribution in [2.75, 3.05) is 0 Å². The van der Waals surface area contributed by atoms with Crippen LogP contribution in [0.15, 0.2) is 36.4 Å². The van der Waals surface area contributed by atoms with Gasteiger partial charge in [-0.05, 0) is 16.8 Å². The van der Waals surface area contributed by atoms with Gasteiger partial charge in [0.25, 0.3) is 0 Å². The van der Waals surface area contributed by atoms with E-state index in [4.69, 9.17) is 0 Å². The smallest absolute Gasteiger partial charge is 0.545 e. The van der Waals surface area contributed by atoms with Gasteiger partial charge in [-0.2, -0.15) is 0 Å². The van der Waals surface area contributed by atoms with Crippen LogP contribution in [0.5, 0.6) is 5.75 Å². The van der Waals surface area contributed by atoms with Crippen LogP contribution in [0, 0.1) is 0 Å². The van der Waals surface area contributed by atoms with Gasteiger partial charge >= 0.3 is 68.9 Å². The van der Waals surface area contributed by atoms with Gasteiger partial charge in [0.05, 0.1) is 5.97 Å². The number of aromatic carboxylic acids is 1. The van der Waals surface area contributed by atoms with Crippen molar-refractivity contribution in [1.29, 1.82) is 0 Å². The third-order valence-corrected chi connectivity index (χ3v) is 2.11. The van der Waals surface area contributed by atoms with Gasteiger partial charge in [-0.15, -0.1) is 0 Å². The minimum atomic E-state index is -1.36. The fraction of sp³-hybridized carbons (Fsp3) is 0. The molecule has 0 aliphatic heterocycles. The first kappa shape index (κ1) is 13.1. The van der Waals surface area contributed by atoms with Gasteiger partial charge in [-0.1, -0.05) is 30.3 Å². The maximum absolute atomic E-state index is 10.8. The Morgan fingerprint density at radius 1 is 1.13 bits per heavy atom. The van der Waals surface area contributed by atoms with Gasteiger partial charge in [0.1, 0.15) is 5.75 Å². The summed E-state index contributed by atoms with van der Waals surface area (Å²) in [6.07, 6.45) is 0. The molecule has 0 aromatic heterocycles. The van der Waals surface area contributed by atoms with Gasteiger partial charge < -0.3 is 15.0 Å². The standard InChI is InChI=1S/C11H8O3.Cs/c12-9-6-5-7-3-1-2-4-8(7)10(9)11(13)14;/h1-6,12H,(H,13,14);/q;+1/p-1. The molecular formula is C11H7CsO3. The minimum absolute atomic E-state index is 0. The minimum Gasteiger partial charge on any atom is -0.545 e. The molecule has 15 heavy (non-hydrogen) atoms. The monoisotopic (exact) mass is 320 g/mol. The quantitative estimate of drug-likeness (QED) is 0.656. The van der Waals surface area contributed by atoms with E-state index in [0.717, 1.165) is 5.39 Å². The van der Waals surface area contributed by atoms with E-state index < -0.39 is 5.97 Å². The summed E-state index contributed by atoms with van der Waals surface area (Å²) in [7, 11) is 0. The van der Waals surface area contributed by atoms with Gasteiger partial charge in [0.15, 0.2) is 0 Å². The Kier molecular flexibility index (Phi) is 4.69. The predicted molar refractivity (Wildman–Crippen MR) is 49.9 cm³/mol. The molecule has 0 saturated carbocycles. The zero-order valence-electron chi connectivity index (χ0n) is 8.23. The number of fused-ring (bicyclic) bond motifs is 1. The first-order valence-electron chi connectivity index (χ1n) is 4.12. The molecule has 0 heterocycles. The average molecular weight is 320 g/mol. The molecule has 2 aromatic rings. The van der Waals surface area contributed by atoms with Crippen LogP contribution in [0.2, 0.25) is 0 Å². The molecule has 3 nitrogen and oxygen atoms in total. The number of phenols is 1. The van der Waals surface area contributed by atoms with Crippen molar-refractivity contribution in [1.82, 2.24) is 0 Å². The van der Waals surface area contributed by atoms with Gasteiger partial charge in [0, 0.05) is 5.56 Å². The van der Waals surface area contributed by atoms with E-state index in [-0.39, 0.29) is 80.2 Å². The largest absolute Gasteiger partial charge is 1.00 e. The second kappa shape index (κ2) is 5.38. The number of hydrogen-bond donors (Lipinski definition) is 1. The summed E-state index contributed by atoms with van der Waals surface area (Å²) < 4.78 is 0. The number of carbonyl (C=O) groups is 1. The normalized spacial score (nSPS) is 9.60. The van der Waals surface area contributed by atoms with Crippen molar-refractivity contribution in [3.8, 4) is 5.75 Å². The van der Waals surface area contributed by atoms with E-state index in [1.165, 1.54) is 6.07 Å². The third kappa shape index (κ3) is 2.58. The van der Waals surface area contributed by atoms with Crippen molar-refractivity contribution in [2.24, 2.45) is 0 Å². The topological polar surface area (TPSA) is 60.4 Å². The van der Waals surface area contributed by atoms with Crippen LogP contribution in [0.1, 0.15) is 10.4 Å². The molecule has 2 rings (SSSR count). The Hall–Kier alpha value is 0.0219. The zero-order valence-corrected chi connectivity index (χ0v) is 14.5. The second-order valence-electron chi connectivity index (χ2n) is 2.97. The molecule has 0 spiro atoms. The summed E-state index contributed by atoms with van der Waals surface area (Å²) in [5, 5.41) is 21.4. The average Bonchev–Trinajstić information content (AvgIpc) is 2.17. The molecular weight excluding hydrogens is 313 g/mol. The zero-order chi connectivity index (χ0) is 10.1. The fourth-order valence-corrected chi connectivity index (χ4v) is 1.47. The fourth-order valence-electron chi connectivity index (χ4n) is 1.47. The maximum Gasteiger partial charge on any atom is 1.00 e. The predicted octanol–water partition coefficient (Wildman–Crippen LogP) is -2.09. The maximum atomic E-state index is 10.8. The van der Waals surface area contributed by atoms with E-state index in [1.54, 1.807) is 30.3 Å². The van der Waals surface area contributed by atoms with Gasteiger partial charge in [0.2, 0.25) is 0 Å². The third-order valence-electron chi connectivity index (χ3n) is 2.11. The van der Waals surface area contributed by atoms with Crippen LogP contribution < -0.4 is 74.0 Å². The number of benzene rings is 2. The van der Waals surface area contributed by atoms with Crippen LogP contribution in [0.4, 0.5) is 0 Å². The number of carbonyl (C=O) groups excluding carboxylic acids is 1. The van der Waals surface area contributed by atoms with Crippen molar-refractivity contribution in [3.63, 3.8) is 0 Å². The summed E-state index contributed by atoms with van der Waals surface area (Å²) in [6, 6.07) is 9.96. The summed E-state index contributed by atoms with van der Waals surface area (Å²) in [6.45, 7) is 0. The SMILES string of the molecule is O=C([O-])c1c(O)ccc2ccccc12.[Cs+]. The van der Waals surface area contributed by atoms with E-state index in [1.807, 2.05) is 0 Å². The molecule has 2 aromatic carbocycles. The molecule has 4 heteroatoms. The van der Waals surface area contributed by atoms with E-state index in [9.17, 15) is 15.0 Å². The van der Waals surface area contributed by atoms with E-state index in [0.29, 0.717) is 5.39 Å². The Bertz CT molecular complexity index is 508. The summed E-state index contributed by atoms with van der Waals surface area (Å²) in [5.74, 6) is -1.62. The van der Waals surface area contributed by atoms with Gasteiger partial charge in [-0.3, -0.25) is 0 Å². The van der Waals surface area contributed by atoms with Crippen molar-refractivity contribution < 1.29 is 83.9 Å². The second-order valence-corrected chi connectivity index (χ2v) is 2.97. The molecule has 70 valence electrons. The number of carboxylic acids is 1. The molecule has 0 amide bonds.